The van der Waals surface area contributed by atoms with Gasteiger partial charge in [0.1, 0.15) is 11.8 Å². The van der Waals surface area contributed by atoms with Gasteiger partial charge in [-0.15, -0.1) is 0 Å². The van der Waals surface area contributed by atoms with Gasteiger partial charge >= 0.3 is 0 Å². The molecular formula is C20H29N3O3. The first kappa shape index (κ1) is 18.7. The molecule has 6 heteroatoms. The van der Waals surface area contributed by atoms with Gasteiger partial charge in [0.05, 0.1) is 6.10 Å². The maximum Gasteiger partial charge on any atom is 0.242 e. The minimum atomic E-state index is -0.366. The highest BCUT2D eigenvalue weighted by Crippen LogP contribution is 2.19. The van der Waals surface area contributed by atoms with E-state index in [2.05, 4.69) is 27.7 Å². The molecule has 2 heterocycles. The molecule has 2 fully saturated rings. The lowest BCUT2D eigenvalue weighted by molar-refractivity contribution is -0.131. The van der Waals surface area contributed by atoms with Crippen molar-refractivity contribution in [3.8, 4) is 5.75 Å². The van der Waals surface area contributed by atoms with Gasteiger partial charge < -0.3 is 15.4 Å². The number of benzene rings is 1. The zero-order chi connectivity index (χ0) is 18.5. The van der Waals surface area contributed by atoms with Gasteiger partial charge in [-0.1, -0.05) is 12.1 Å². The molecule has 142 valence electrons. The number of ether oxygens (including phenoxy) is 1. The summed E-state index contributed by atoms with van der Waals surface area (Å²) in [6, 6.07) is 7.98. The summed E-state index contributed by atoms with van der Waals surface area (Å²) < 4.78 is 5.76. The second-order valence-corrected chi connectivity index (χ2v) is 7.56. The van der Waals surface area contributed by atoms with Crippen LogP contribution in [0.3, 0.4) is 0 Å². The lowest BCUT2D eigenvalue weighted by Gasteiger charge is -2.24. The number of carbonyl (C=O) groups excluding carboxylic acids is 2. The van der Waals surface area contributed by atoms with Gasteiger partial charge in [-0.3, -0.25) is 14.5 Å². The van der Waals surface area contributed by atoms with Crippen LogP contribution in [0.2, 0.25) is 0 Å². The standard InChI is InChI=1S/C20H29N3O3/c1-14(2)26-17-6-3-5-15(11-17)12-23-10-9-16(13-23)21-20(25)18-7-4-8-19(24)22-18/h3,5-6,11,14,16,18H,4,7-10,12-13H2,1-2H3,(H,21,25)(H,22,24)/t16-,18+/m0/s1. The van der Waals surface area contributed by atoms with E-state index in [1.165, 1.54) is 5.56 Å². The molecule has 0 radical (unpaired) electrons. The minimum absolute atomic E-state index is 0.0204. The van der Waals surface area contributed by atoms with Crippen LogP contribution in [0.15, 0.2) is 24.3 Å². The Hall–Kier alpha value is -2.08. The summed E-state index contributed by atoms with van der Waals surface area (Å²) in [7, 11) is 0. The molecule has 2 aliphatic heterocycles. The van der Waals surface area contributed by atoms with Crippen LogP contribution in [0.25, 0.3) is 0 Å². The molecule has 0 unspecified atom stereocenters. The van der Waals surface area contributed by atoms with E-state index in [-0.39, 0.29) is 30.0 Å². The number of hydrogen-bond acceptors (Lipinski definition) is 4. The number of rotatable bonds is 6. The molecular weight excluding hydrogens is 330 g/mol. The summed E-state index contributed by atoms with van der Waals surface area (Å²) in [5.74, 6) is 0.833. The second kappa shape index (κ2) is 8.54. The Kier molecular flexibility index (Phi) is 6.14. The monoisotopic (exact) mass is 359 g/mol. The summed E-state index contributed by atoms with van der Waals surface area (Å²) in [4.78, 5) is 26.2. The highest BCUT2D eigenvalue weighted by molar-refractivity contribution is 5.88. The second-order valence-electron chi connectivity index (χ2n) is 7.56. The number of likely N-dealkylation sites (tertiary alicyclic amines) is 1. The summed E-state index contributed by atoms with van der Waals surface area (Å²) >= 11 is 0. The quantitative estimate of drug-likeness (QED) is 0.813. The number of amides is 2. The van der Waals surface area contributed by atoms with Crippen molar-refractivity contribution in [2.24, 2.45) is 0 Å². The molecule has 2 atom stereocenters. The normalized spacial score (nSPS) is 23.7. The van der Waals surface area contributed by atoms with Crippen molar-refractivity contribution in [3.05, 3.63) is 29.8 Å². The van der Waals surface area contributed by atoms with Gasteiger partial charge in [-0.2, -0.15) is 0 Å². The summed E-state index contributed by atoms with van der Waals surface area (Å²) in [6.07, 6.45) is 3.15. The number of nitrogens with one attached hydrogen (secondary N) is 2. The summed E-state index contributed by atoms with van der Waals surface area (Å²) in [5.41, 5.74) is 1.22. The molecule has 0 spiro atoms. The molecule has 2 aliphatic rings. The lowest BCUT2D eigenvalue weighted by atomic mass is 10.0. The van der Waals surface area contributed by atoms with Crippen LogP contribution in [0, 0.1) is 0 Å². The minimum Gasteiger partial charge on any atom is -0.491 e. The smallest absolute Gasteiger partial charge is 0.242 e. The van der Waals surface area contributed by atoms with Crippen LogP contribution in [-0.2, 0) is 16.1 Å². The molecule has 1 aromatic rings. The van der Waals surface area contributed by atoms with Crippen LogP contribution < -0.4 is 15.4 Å². The Bertz CT molecular complexity index is 647. The van der Waals surface area contributed by atoms with Gasteiger partial charge in [0.15, 0.2) is 0 Å². The van der Waals surface area contributed by atoms with Crippen LogP contribution in [-0.4, -0.2) is 48.0 Å². The van der Waals surface area contributed by atoms with E-state index in [9.17, 15) is 9.59 Å². The molecule has 2 saturated heterocycles. The van der Waals surface area contributed by atoms with E-state index in [1.807, 2.05) is 26.0 Å². The van der Waals surface area contributed by atoms with Crippen molar-refractivity contribution in [3.63, 3.8) is 0 Å². The first-order chi connectivity index (χ1) is 12.5. The molecule has 3 rings (SSSR count). The Labute approximate surface area is 155 Å². The van der Waals surface area contributed by atoms with Crippen molar-refractivity contribution < 1.29 is 14.3 Å². The Balaban J connectivity index is 1.48. The molecule has 0 aliphatic carbocycles. The van der Waals surface area contributed by atoms with Crippen molar-refractivity contribution in [1.29, 1.82) is 0 Å². The molecule has 0 aromatic heterocycles. The van der Waals surface area contributed by atoms with Crippen LogP contribution in [0.1, 0.15) is 45.1 Å². The van der Waals surface area contributed by atoms with Gasteiger partial charge in [0, 0.05) is 32.1 Å². The molecule has 0 bridgehead atoms. The number of carbonyl (C=O) groups is 2. The lowest BCUT2D eigenvalue weighted by Crippen LogP contribution is -2.51. The topological polar surface area (TPSA) is 70.7 Å². The van der Waals surface area contributed by atoms with Gasteiger partial charge in [0.25, 0.3) is 0 Å². The van der Waals surface area contributed by atoms with Crippen LogP contribution in [0.5, 0.6) is 5.75 Å². The SMILES string of the molecule is CC(C)Oc1cccc(CN2CC[C@H](NC(=O)[C@H]3CCCC(=O)N3)C2)c1. The average Bonchev–Trinajstić information content (AvgIpc) is 3.01. The van der Waals surface area contributed by atoms with E-state index in [0.717, 1.165) is 44.6 Å². The van der Waals surface area contributed by atoms with E-state index in [1.54, 1.807) is 0 Å². The third-order valence-corrected chi connectivity index (χ3v) is 4.84. The zero-order valence-electron chi connectivity index (χ0n) is 15.7. The molecule has 0 saturated carbocycles. The number of nitrogens with zero attached hydrogens (tertiary/aromatic N) is 1. The third kappa shape index (κ3) is 5.21. The average molecular weight is 359 g/mol. The maximum absolute atomic E-state index is 12.4. The molecule has 1 aromatic carbocycles. The predicted octanol–water partition coefficient (Wildman–Crippen LogP) is 1.83. The fourth-order valence-electron chi connectivity index (χ4n) is 3.65. The molecule has 2 amide bonds. The van der Waals surface area contributed by atoms with Gasteiger partial charge in [-0.25, -0.2) is 0 Å². The first-order valence-corrected chi connectivity index (χ1v) is 9.57. The molecule has 2 N–H and O–H groups in total. The fourth-order valence-corrected chi connectivity index (χ4v) is 3.65. The number of piperidine rings is 1. The summed E-state index contributed by atoms with van der Waals surface area (Å²) in [5, 5.41) is 5.89. The Morgan fingerprint density at radius 2 is 2.23 bits per heavy atom. The largest absolute Gasteiger partial charge is 0.491 e. The highest BCUT2D eigenvalue weighted by Gasteiger charge is 2.29. The predicted molar refractivity (Wildman–Crippen MR) is 99.8 cm³/mol. The molecule has 26 heavy (non-hydrogen) atoms. The van der Waals surface area contributed by atoms with Gasteiger partial charge in [-0.05, 0) is 50.8 Å². The highest BCUT2D eigenvalue weighted by atomic mass is 16.5. The van der Waals surface area contributed by atoms with Crippen LogP contribution >= 0.6 is 0 Å². The van der Waals surface area contributed by atoms with Crippen molar-refractivity contribution >= 4 is 11.8 Å². The van der Waals surface area contributed by atoms with E-state index >= 15 is 0 Å². The number of hydrogen-bond donors (Lipinski definition) is 2. The van der Waals surface area contributed by atoms with Crippen LogP contribution in [0.4, 0.5) is 0 Å². The zero-order valence-corrected chi connectivity index (χ0v) is 15.7. The van der Waals surface area contributed by atoms with E-state index < -0.39 is 0 Å². The third-order valence-electron chi connectivity index (χ3n) is 4.84. The van der Waals surface area contributed by atoms with Gasteiger partial charge in [0.2, 0.25) is 11.8 Å². The first-order valence-electron chi connectivity index (χ1n) is 9.57. The van der Waals surface area contributed by atoms with Crippen molar-refractivity contribution in [2.45, 2.75) is 64.3 Å². The fraction of sp³-hybridized carbons (Fsp3) is 0.600. The Morgan fingerprint density at radius 1 is 1.38 bits per heavy atom. The van der Waals surface area contributed by atoms with E-state index in [4.69, 9.17) is 4.74 Å². The maximum atomic E-state index is 12.4. The Morgan fingerprint density at radius 3 is 3.00 bits per heavy atom. The van der Waals surface area contributed by atoms with Crippen molar-refractivity contribution in [2.75, 3.05) is 13.1 Å². The van der Waals surface area contributed by atoms with E-state index in [0.29, 0.717) is 6.42 Å². The molecule has 6 nitrogen and oxygen atoms in total. The van der Waals surface area contributed by atoms with Crippen molar-refractivity contribution in [1.82, 2.24) is 15.5 Å². The summed E-state index contributed by atoms with van der Waals surface area (Å²) in [6.45, 7) is 6.69.